The number of hydrogen-bond donors (Lipinski definition) is 0. The van der Waals surface area contributed by atoms with Gasteiger partial charge in [-0.05, 0) is 11.8 Å². The first kappa shape index (κ1) is 13.0. The quantitative estimate of drug-likeness (QED) is 0.464. The van der Waals surface area contributed by atoms with Crippen LogP contribution in [0.15, 0.2) is 0 Å². The van der Waals surface area contributed by atoms with Crippen LogP contribution in [0.2, 0.25) is 0 Å². The highest BCUT2D eigenvalue weighted by atomic mass is 14.2. The molecule has 0 nitrogen and oxygen atoms in total. The molecule has 0 heteroatoms. The lowest BCUT2D eigenvalue weighted by Crippen LogP contribution is -2.10. The Labute approximate surface area is 85.1 Å². The molecule has 13 heavy (non-hydrogen) atoms. The van der Waals surface area contributed by atoms with Crippen LogP contribution in [0.3, 0.4) is 0 Å². The van der Waals surface area contributed by atoms with Gasteiger partial charge in [0.15, 0.2) is 0 Å². The van der Waals surface area contributed by atoms with E-state index in [9.17, 15) is 0 Å². The van der Waals surface area contributed by atoms with E-state index in [1.807, 2.05) is 0 Å². The predicted octanol–water partition coefficient (Wildman–Crippen LogP) is 5.03. The third-order valence-corrected chi connectivity index (χ3v) is 3.25. The normalized spacial score (nSPS) is 15.7. The van der Waals surface area contributed by atoms with E-state index < -0.39 is 0 Å². The van der Waals surface area contributed by atoms with Gasteiger partial charge in [0.2, 0.25) is 0 Å². The molecule has 0 saturated carbocycles. The molecular formula is C13H28. The minimum absolute atomic E-state index is 0.955. The maximum atomic E-state index is 2.44. The molecule has 2 unspecified atom stereocenters. The second-order valence-electron chi connectivity index (χ2n) is 4.43. The largest absolute Gasteiger partial charge is 0.0654 e. The Hall–Kier alpha value is 0. The van der Waals surface area contributed by atoms with Gasteiger partial charge in [-0.2, -0.15) is 0 Å². The fraction of sp³-hybridized carbons (Fsp3) is 1.00. The Morgan fingerprint density at radius 2 is 1.54 bits per heavy atom. The average Bonchev–Trinajstić information content (AvgIpc) is 2.14. The molecule has 0 amide bonds. The maximum absolute atomic E-state index is 2.44. The van der Waals surface area contributed by atoms with Crippen molar-refractivity contribution in [2.75, 3.05) is 0 Å². The van der Waals surface area contributed by atoms with E-state index in [0.29, 0.717) is 0 Å². The zero-order chi connectivity index (χ0) is 10.1. The lowest BCUT2D eigenvalue weighted by molar-refractivity contribution is 0.298. The molecule has 2 atom stereocenters. The molecule has 0 aromatic carbocycles. The van der Waals surface area contributed by atoms with Crippen molar-refractivity contribution in [2.24, 2.45) is 11.8 Å². The molecule has 0 aliphatic rings. The van der Waals surface area contributed by atoms with Gasteiger partial charge in [-0.15, -0.1) is 0 Å². The zero-order valence-electron chi connectivity index (χ0n) is 10.1. The average molecular weight is 184 g/mol. The molecule has 0 heterocycles. The summed E-state index contributed by atoms with van der Waals surface area (Å²) < 4.78 is 0. The van der Waals surface area contributed by atoms with E-state index in [-0.39, 0.29) is 0 Å². The molecule has 0 spiro atoms. The SMILES string of the molecule is CCCCCC(C)C(CC)CCC. The Bertz CT molecular complexity index is 96.2. The smallest absolute Gasteiger partial charge is 0.0391 e. The van der Waals surface area contributed by atoms with Crippen molar-refractivity contribution < 1.29 is 0 Å². The summed E-state index contributed by atoms with van der Waals surface area (Å²) in [4.78, 5) is 0. The second-order valence-corrected chi connectivity index (χ2v) is 4.43. The summed E-state index contributed by atoms with van der Waals surface area (Å²) in [5.41, 5.74) is 0. The van der Waals surface area contributed by atoms with Crippen molar-refractivity contribution in [3.63, 3.8) is 0 Å². The number of rotatable bonds is 8. The fourth-order valence-electron chi connectivity index (χ4n) is 2.21. The summed E-state index contributed by atoms with van der Waals surface area (Å²) in [5, 5.41) is 0. The van der Waals surface area contributed by atoms with Gasteiger partial charge in [-0.25, -0.2) is 0 Å². The molecule has 0 aliphatic heterocycles. The molecule has 80 valence electrons. The van der Waals surface area contributed by atoms with Crippen LogP contribution in [-0.4, -0.2) is 0 Å². The van der Waals surface area contributed by atoms with Gasteiger partial charge >= 0.3 is 0 Å². The molecule has 0 aromatic heterocycles. The van der Waals surface area contributed by atoms with Crippen molar-refractivity contribution in [3.05, 3.63) is 0 Å². The maximum Gasteiger partial charge on any atom is -0.0391 e. The van der Waals surface area contributed by atoms with Crippen molar-refractivity contribution in [1.29, 1.82) is 0 Å². The van der Waals surface area contributed by atoms with Gasteiger partial charge in [0.1, 0.15) is 0 Å². The summed E-state index contributed by atoms with van der Waals surface area (Å²) in [7, 11) is 0. The molecule has 0 N–H and O–H groups in total. The zero-order valence-corrected chi connectivity index (χ0v) is 10.1. The topological polar surface area (TPSA) is 0 Å². The van der Waals surface area contributed by atoms with E-state index in [1.165, 1.54) is 44.9 Å². The number of unbranched alkanes of at least 4 members (excludes halogenated alkanes) is 2. The molecule has 0 rings (SSSR count). The predicted molar refractivity (Wildman–Crippen MR) is 62.0 cm³/mol. The van der Waals surface area contributed by atoms with Crippen molar-refractivity contribution in [2.45, 2.75) is 72.6 Å². The minimum atomic E-state index is 0.955. The summed E-state index contributed by atoms with van der Waals surface area (Å²) in [6, 6.07) is 0. The van der Waals surface area contributed by atoms with Crippen molar-refractivity contribution in [1.82, 2.24) is 0 Å². The Morgan fingerprint density at radius 3 is 2.00 bits per heavy atom. The van der Waals surface area contributed by atoms with E-state index in [2.05, 4.69) is 27.7 Å². The first-order chi connectivity index (χ1) is 6.26. The van der Waals surface area contributed by atoms with Crippen LogP contribution in [0.25, 0.3) is 0 Å². The van der Waals surface area contributed by atoms with Crippen molar-refractivity contribution in [3.8, 4) is 0 Å². The molecule has 0 aromatic rings. The van der Waals surface area contributed by atoms with Gasteiger partial charge in [-0.1, -0.05) is 72.6 Å². The van der Waals surface area contributed by atoms with E-state index in [0.717, 1.165) is 11.8 Å². The first-order valence-corrected chi connectivity index (χ1v) is 6.26. The molecule has 0 aliphatic carbocycles. The Morgan fingerprint density at radius 1 is 0.846 bits per heavy atom. The van der Waals surface area contributed by atoms with Crippen LogP contribution in [0, 0.1) is 11.8 Å². The van der Waals surface area contributed by atoms with Crippen LogP contribution < -0.4 is 0 Å². The molecule has 0 bridgehead atoms. The van der Waals surface area contributed by atoms with Gasteiger partial charge in [0.25, 0.3) is 0 Å². The standard InChI is InChI=1S/C13H28/c1-5-8-9-11-12(4)13(7-3)10-6-2/h12-13H,5-11H2,1-4H3. The number of hydrogen-bond acceptors (Lipinski definition) is 0. The van der Waals surface area contributed by atoms with Gasteiger partial charge < -0.3 is 0 Å². The van der Waals surface area contributed by atoms with Gasteiger partial charge in [0.05, 0.1) is 0 Å². The Balaban J connectivity index is 3.57. The molecule has 0 radical (unpaired) electrons. The van der Waals surface area contributed by atoms with E-state index in [1.54, 1.807) is 0 Å². The molecule has 0 saturated heterocycles. The van der Waals surface area contributed by atoms with E-state index in [4.69, 9.17) is 0 Å². The lowest BCUT2D eigenvalue weighted by Gasteiger charge is -2.21. The lowest BCUT2D eigenvalue weighted by atomic mass is 9.84. The van der Waals surface area contributed by atoms with Gasteiger partial charge in [-0.3, -0.25) is 0 Å². The second kappa shape index (κ2) is 8.59. The fourth-order valence-corrected chi connectivity index (χ4v) is 2.21. The van der Waals surface area contributed by atoms with Gasteiger partial charge in [0, 0.05) is 0 Å². The summed E-state index contributed by atoms with van der Waals surface area (Å²) >= 11 is 0. The van der Waals surface area contributed by atoms with Crippen LogP contribution in [0.1, 0.15) is 72.6 Å². The van der Waals surface area contributed by atoms with Crippen molar-refractivity contribution >= 4 is 0 Å². The highest BCUT2D eigenvalue weighted by Gasteiger charge is 2.13. The third-order valence-electron chi connectivity index (χ3n) is 3.25. The molecular weight excluding hydrogens is 156 g/mol. The monoisotopic (exact) mass is 184 g/mol. The summed E-state index contributed by atoms with van der Waals surface area (Å²) in [6.45, 7) is 9.38. The highest BCUT2D eigenvalue weighted by Crippen LogP contribution is 2.25. The van der Waals surface area contributed by atoms with Crippen LogP contribution >= 0.6 is 0 Å². The van der Waals surface area contributed by atoms with Crippen LogP contribution in [0.4, 0.5) is 0 Å². The van der Waals surface area contributed by atoms with Crippen LogP contribution in [0.5, 0.6) is 0 Å². The molecule has 0 fully saturated rings. The summed E-state index contributed by atoms with van der Waals surface area (Å²) in [5.74, 6) is 1.94. The Kier molecular flexibility index (Phi) is 8.59. The summed E-state index contributed by atoms with van der Waals surface area (Å²) in [6.07, 6.45) is 9.84. The highest BCUT2D eigenvalue weighted by molar-refractivity contribution is 4.64. The van der Waals surface area contributed by atoms with Crippen LogP contribution in [-0.2, 0) is 0 Å². The minimum Gasteiger partial charge on any atom is -0.0654 e. The third kappa shape index (κ3) is 6.12. The van der Waals surface area contributed by atoms with E-state index >= 15 is 0 Å². The first-order valence-electron chi connectivity index (χ1n) is 6.26.